The molecular weight excluding hydrogens is 257 g/mol. The van der Waals surface area contributed by atoms with Gasteiger partial charge in [0.15, 0.2) is 0 Å². The van der Waals surface area contributed by atoms with Crippen LogP contribution in [0.4, 0.5) is 13.2 Å². The van der Waals surface area contributed by atoms with E-state index in [4.69, 9.17) is 15.6 Å². The highest BCUT2D eigenvalue weighted by Gasteiger charge is 2.38. The molecule has 3 N–H and O–H groups in total. The van der Waals surface area contributed by atoms with Crippen LogP contribution in [0.5, 0.6) is 0 Å². The Bertz CT molecular complexity index is 343. The highest BCUT2D eigenvalue weighted by molar-refractivity contribution is 5.87. The summed E-state index contributed by atoms with van der Waals surface area (Å²) in [5.74, 6) is -3.15. The smallest absolute Gasteiger partial charge is 0.475 e. The zero-order chi connectivity index (χ0) is 14.5. The zero-order valence-corrected chi connectivity index (χ0v) is 9.53. The van der Waals surface area contributed by atoms with E-state index in [1.807, 2.05) is 0 Å². The summed E-state index contributed by atoms with van der Waals surface area (Å²) in [5, 5.41) is 7.12. The Balaban J connectivity index is 0.000000360. The van der Waals surface area contributed by atoms with Crippen molar-refractivity contribution in [3.63, 3.8) is 0 Å². The molecule has 0 aromatic heterocycles. The molecule has 9 heteroatoms. The zero-order valence-electron chi connectivity index (χ0n) is 9.53. The average Bonchev–Trinajstić information content (AvgIpc) is 2.62. The predicted octanol–water partition coefficient (Wildman–Crippen LogP) is 0.116. The number of hydrogen-bond donors (Lipinski definition) is 2. The first-order chi connectivity index (χ1) is 8.07. The molecule has 0 radical (unpaired) electrons. The van der Waals surface area contributed by atoms with Crippen LogP contribution in [0.1, 0.15) is 19.8 Å². The van der Waals surface area contributed by atoms with E-state index in [0.29, 0.717) is 13.0 Å². The quantitative estimate of drug-likeness (QED) is 0.744. The summed E-state index contributed by atoms with van der Waals surface area (Å²) in [6, 6.07) is -0.440. The monoisotopic (exact) mass is 270 g/mol. The highest BCUT2D eigenvalue weighted by Crippen LogP contribution is 2.13. The van der Waals surface area contributed by atoms with E-state index in [1.165, 1.54) is 4.90 Å². The Morgan fingerprint density at radius 1 is 1.44 bits per heavy atom. The summed E-state index contributed by atoms with van der Waals surface area (Å²) < 4.78 is 31.7. The third-order valence-electron chi connectivity index (χ3n) is 2.23. The topological polar surface area (TPSA) is 101 Å². The number of primary amides is 1. The number of nitrogens with two attached hydrogens (primary N) is 1. The van der Waals surface area contributed by atoms with Gasteiger partial charge in [0.25, 0.3) is 0 Å². The second-order valence-corrected chi connectivity index (χ2v) is 3.57. The van der Waals surface area contributed by atoms with Crippen LogP contribution < -0.4 is 5.73 Å². The lowest BCUT2D eigenvalue weighted by atomic mass is 10.3. The number of carbonyl (C=O) groups is 3. The number of nitrogens with zero attached hydrogens (tertiary/aromatic N) is 1. The average molecular weight is 270 g/mol. The number of carboxylic acids is 1. The maximum atomic E-state index is 11.0. The Kier molecular flexibility index (Phi) is 5.60. The van der Waals surface area contributed by atoms with Gasteiger partial charge in [0.2, 0.25) is 11.8 Å². The van der Waals surface area contributed by atoms with E-state index in [0.717, 1.165) is 6.42 Å². The lowest BCUT2D eigenvalue weighted by Gasteiger charge is -2.20. The van der Waals surface area contributed by atoms with Crippen molar-refractivity contribution in [3.05, 3.63) is 0 Å². The lowest BCUT2D eigenvalue weighted by molar-refractivity contribution is -0.192. The molecule has 1 heterocycles. The van der Waals surface area contributed by atoms with Gasteiger partial charge < -0.3 is 15.7 Å². The molecule has 104 valence electrons. The first-order valence-electron chi connectivity index (χ1n) is 4.96. The molecule has 1 fully saturated rings. The molecule has 1 unspecified atom stereocenters. The second-order valence-electron chi connectivity index (χ2n) is 3.57. The van der Waals surface area contributed by atoms with Crippen molar-refractivity contribution in [3.8, 4) is 0 Å². The van der Waals surface area contributed by atoms with Crippen LogP contribution in [0, 0.1) is 0 Å². The highest BCUT2D eigenvalue weighted by atomic mass is 19.4. The molecule has 0 aliphatic carbocycles. The van der Waals surface area contributed by atoms with Gasteiger partial charge >= 0.3 is 12.1 Å². The fourth-order valence-electron chi connectivity index (χ4n) is 1.23. The SMILES string of the molecule is CC(C(N)=O)N1CCCC1=O.O=C(O)C(F)(F)F. The van der Waals surface area contributed by atoms with Crippen LogP contribution in [-0.4, -0.2) is 46.6 Å². The van der Waals surface area contributed by atoms with E-state index in [1.54, 1.807) is 6.92 Å². The van der Waals surface area contributed by atoms with Crippen molar-refractivity contribution in [1.82, 2.24) is 4.90 Å². The molecule has 1 rings (SSSR count). The first kappa shape index (κ1) is 16.2. The normalized spacial score (nSPS) is 16.9. The molecule has 1 saturated heterocycles. The van der Waals surface area contributed by atoms with Crippen LogP contribution >= 0.6 is 0 Å². The summed E-state index contributed by atoms with van der Waals surface area (Å²) in [7, 11) is 0. The summed E-state index contributed by atoms with van der Waals surface area (Å²) in [5.41, 5.74) is 5.05. The van der Waals surface area contributed by atoms with Crippen molar-refractivity contribution in [2.24, 2.45) is 5.73 Å². The number of alkyl halides is 3. The Morgan fingerprint density at radius 2 is 1.89 bits per heavy atom. The molecule has 0 aromatic rings. The van der Waals surface area contributed by atoms with Gasteiger partial charge in [-0.3, -0.25) is 9.59 Å². The molecule has 6 nitrogen and oxygen atoms in total. The fraction of sp³-hybridized carbons (Fsp3) is 0.667. The van der Waals surface area contributed by atoms with Gasteiger partial charge in [-0.1, -0.05) is 0 Å². The number of carboxylic acid groups (broad SMARTS) is 1. The van der Waals surface area contributed by atoms with Crippen molar-refractivity contribution in [1.29, 1.82) is 0 Å². The minimum atomic E-state index is -5.08. The molecule has 2 amide bonds. The van der Waals surface area contributed by atoms with E-state index < -0.39 is 24.1 Å². The number of amides is 2. The third-order valence-corrected chi connectivity index (χ3v) is 2.23. The maximum Gasteiger partial charge on any atom is 0.490 e. The summed E-state index contributed by atoms with van der Waals surface area (Å²) in [6.45, 7) is 2.33. The molecule has 0 saturated carbocycles. The molecule has 1 aliphatic heterocycles. The second kappa shape index (κ2) is 6.22. The standard InChI is InChI=1S/C7H12N2O2.C2HF3O2/c1-5(7(8)11)9-4-2-3-6(9)10;3-2(4,5)1(6)7/h5H,2-4H2,1H3,(H2,8,11);(H,6,7). The van der Waals surface area contributed by atoms with Crippen LogP contribution in [0.2, 0.25) is 0 Å². The van der Waals surface area contributed by atoms with Gasteiger partial charge in [-0.15, -0.1) is 0 Å². The minimum absolute atomic E-state index is 0.0382. The van der Waals surface area contributed by atoms with Gasteiger partial charge in [-0.25, -0.2) is 4.79 Å². The van der Waals surface area contributed by atoms with Crippen molar-refractivity contribution >= 4 is 17.8 Å². The van der Waals surface area contributed by atoms with Gasteiger partial charge in [-0.2, -0.15) is 13.2 Å². The Hall–Kier alpha value is -1.80. The first-order valence-corrected chi connectivity index (χ1v) is 4.96. The number of hydrogen-bond acceptors (Lipinski definition) is 3. The maximum absolute atomic E-state index is 11.0. The lowest BCUT2D eigenvalue weighted by Crippen LogP contribution is -2.43. The summed E-state index contributed by atoms with van der Waals surface area (Å²) in [4.78, 5) is 32.1. The van der Waals surface area contributed by atoms with E-state index >= 15 is 0 Å². The van der Waals surface area contributed by atoms with E-state index in [2.05, 4.69) is 0 Å². The van der Waals surface area contributed by atoms with Crippen molar-refractivity contribution in [2.45, 2.75) is 32.0 Å². The molecular formula is C9H13F3N2O4. The number of halogens is 3. The van der Waals surface area contributed by atoms with Crippen molar-refractivity contribution in [2.75, 3.05) is 6.54 Å². The van der Waals surface area contributed by atoms with Gasteiger partial charge in [-0.05, 0) is 13.3 Å². The minimum Gasteiger partial charge on any atom is -0.475 e. The summed E-state index contributed by atoms with van der Waals surface area (Å²) in [6.07, 6.45) is -3.69. The molecule has 1 atom stereocenters. The molecule has 0 bridgehead atoms. The fourth-order valence-corrected chi connectivity index (χ4v) is 1.23. The van der Waals surface area contributed by atoms with Crippen LogP contribution in [-0.2, 0) is 14.4 Å². The number of aliphatic carboxylic acids is 1. The molecule has 18 heavy (non-hydrogen) atoms. The predicted molar refractivity (Wildman–Crippen MR) is 53.3 cm³/mol. The van der Waals surface area contributed by atoms with Crippen LogP contribution in [0.25, 0.3) is 0 Å². The van der Waals surface area contributed by atoms with Crippen LogP contribution in [0.15, 0.2) is 0 Å². The molecule has 0 aromatic carbocycles. The number of rotatable bonds is 2. The number of likely N-dealkylation sites (tertiary alicyclic amines) is 1. The largest absolute Gasteiger partial charge is 0.490 e. The Labute approximate surface area is 101 Å². The Morgan fingerprint density at radius 3 is 2.11 bits per heavy atom. The van der Waals surface area contributed by atoms with Gasteiger partial charge in [0.1, 0.15) is 6.04 Å². The van der Waals surface area contributed by atoms with E-state index in [-0.39, 0.29) is 5.91 Å². The van der Waals surface area contributed by atoms with Gasteiger partial charge in [0.05, 0.1) is 0 Å². The number of carbonyl (C=O) groups excluding carboxylic acids is 2. The van der Waals surface area contributed by atoms with Crippen LogP contribution in [0.3, 0.4) is 0 Å². The molecule has 0 spiro atoms. The molecule has 1 aliphatic rings. The third kappa shape index (κ3) is 5.02. The summed E-state index contributed by atoms with van der Waals surface area (Å²) >= 11 is 0. The van der Waals surface area contributed by atoms with Gasteiger partial charge in [0, 0.05) is 13.0 Å². The van der Waals surface area contributed by atoms with Crippen molar-refractivity contribution < 1.29 is 32.7 Å². The van der Waals surface area contributed by atoms with E-state index in [9.17, 15) is 22.8 Å².